The van der Waals surface area contributed by atoms with Crippen LogP contribution in [0.1, 0.15) is 18.6 Å². The monoisotopic (exact) mass is 442 g/mol. The maximum absolute atomic E-state index is 7.00. The number of hydrogen-bond donors (Lipinski definition) is 1. The largest absolute Gasteiger partial charge is 0.490 e. The van der Waals surface area contributed by atoms with Crippen molar-refractivity contribution in [1.29, 1.82) is 0 Å². The summed E-state index contributed by atoms with van der Waals surface area (Å²) in [5.41, 5.74) is 3.32. The smallest absolute Gasteiger partial charge is 0.226 e. The Labute approximate surface area is 195 Å². The molecule has 0 atom stereocenters. The summed E-state index contributed by atoms with van der Waals surface area (Å²) in [6.07, 6.45) is 4.19. The highest BCUT2D eigenvalue weighted by Gasteiger charge is 2.22. The van der Waals surface area contributed by atoms with E-state index in [1.165, 1.54) is 5.56 Å². The molecule has 4 aromatic rings. The van der Waals surface area contributed by atoms with Crippen LogP contribution in [0.4, 0.5) is 0 Å². The Kier molecular flexibility index (Phi) is 7.90. The highest BCUT2D eigenvalue weighted by Crippen LogP contribution is 2.32. The van der Waals surface area contributed by atoms with Gasteiger partial charge >= 0.3 is 0 Å². The van der Waals surface area contributed by atoms with Gasteiger partial charge in [-0.05, 0) is 42.2 Å². The van der Waals surface area contributed by atoms with E-state index in [-0.39, 0.29) is 6.10 Å². The van der Waals surface area contributed by atoms with E-state index in [1.807, 2.05) is 48.7 Å². The lowest BCUT2D eigenvalue weighted by molar-refractivity contribution is 0.0930. The van der Waals surface area contributed by atoms with Gasteiger partial charge < -0.3 is 14.3 Å². The van der Waals surface area contributed by atoms with Gasteiger partial charge in [-0.1, -0.05) is 66.7 Å². The zero-order valence-electron chi connectivity index (χ0n) is 18.9. The third-order valence-corrected chi connectivity index (χ3v) is 5.76. The van der Waals surface area contributed by atoms with Crippen LogP contribution in [0.3, 0.4) is 0 Å². The lowest BCUT2D eigenvalue weighted by atomic mass is 10.00. The molecule has 0 saturated carbocycles. The fourth-order valence-corrected chi connectivity index (χ4v) is 4.14. The molecule has 0 bridgehead atoms. The molecule has 0 amide bonds. The quantitative estimate of drug-likeness (QED) is 0.417. The molecule has 33 heavy (non-hydrogen) atoms. The predicted molar refractivity (Wildman–Crippen MR) is 131 cm³/mol. The summed E-state index contributed by atoms with van der Waals surface area (Å²) >= 11 is 0. The van der Waals surface area contributed by atoms with Crippen LogP contribution in [0.15, 0.2) is 95.5 Å². The van der Waals surface area contributed by atoms with E-state index in [9.17, 15) is 0 Å². The summed E-state index contributed by atoms with van der Waals surface area (Å²) in [7, 11) is 1.00. The Bertz CT molecular complexity index is 1100. The first kappa shape index (κ1) is 22.8. The minimum atomic E-state index is 0.279. The first-order chi connectivity index (χ1) is 16.3. The van der Waals surface area contributed by atoms with E-state index in [4.69, 9.17) is 14.3 Å². The molecule has 1 aromatic heterocycles. The van der Waals surface area contributed by atoms with E-state index in [2.05, 4.69) is 52.3 Å². The number of oxazole rings is 1. The van der Waals surface area contributed by atoms with Crippen LogP contribution in [0.2, 0.25) is 0 Å². The normalized spacial score (nSPS) is 14.4. The molecule has 1 aliphatic rings. The van der Waals surface area contributed by atoms with Crippen LogP contribution < -0.4 is 4.74 Å². The molecular formula is C28H30N2O3. The number of aromatic nitrogens is 1. The van der Waals surface area contributed by atoms with Crippen LogP contribution in [0.5, 0.6) is 5.75 Å². The molecule has 2 heterocycles. The predicted octanol–water partition coefficient (Wildman–Crippen LogP) is 5.66. The minimum Gasteiger partial charge on any atom is -0.490 e. The first-order valence-electron chi connectivity index (χ1n) is 11.3. The zero-order chi connectivity index (χ0) is 22.9. The molecule has 1 aliphatic heterocycles. The summed E-state index contributed by atoms with van der Waals surface area (Å²) in [6, 6.07) is 28.7. The number of piperidine rings is 1. The standard InChI is InChI=1S/C27H26N2O2.CH4O/c1-3-9-21(10-4-1)25-13-7-8-14-26(25)27-28-19-24(31-27)20-29-17-15-23(16-18-29)30-22-11-5-2-6-12-22;1-2/h1-14,19,23H,15-18,20H2;2H,1H3. The van der Waals surface area contributed by atoms with Gasteiger partial charge in [0.15, 0.2) is 0 Å². The number of benzene rings is 3. The van der Waals surface area contributed by atoms with Crippen molar-refractivity contribution in [2.45, 2.75) is 25.5 Å². The summed E-state index contributed by atoms with van der Waals surface area (Å²) in [5.74, 6) is 2.54. The number of aliphatic hydroxyl groups is 1. The minimum absolute atomic E-state index is 0.279. The van der Waals surface area contributed by atoms with Gasteiger partial charge in [0.1, 0.15) is 17.6 Å². The highest BCUT2D eigenvalue weighted by molar-refractivity contribution is 5.79. The Morgan fingerprint density at radius 3 is 2.15 bits per heavy atom. The summed E-state index contributed by atoms with van der Waals surface area (Å²) in [5, 5.41) is 7.00. The van der Waals surface area contributed by atoms with E-state index < -0.39 is 0 Å². The van der Waals surface area contributed by atoms with Crippen molar-refractivity contribution < 1.29 is 14.3 Å². The number of rotatable bonds is 6. The van der Waals surface area contributed by atoms with Gasteiger partial charge in [0.05, 0.1) is 12.7 Å². The van der Waals surface area contributed by atoms with Crippen molar-refractivity contribution >= 4 is 0 Å². The van der Waals surface area contributed by atoms with Gasteiger partial charge in [-0.2, -0.15) is 0 Å². The molecule has 1 fully saturated rings. The average molecular weight is 443 g/mol. The van der Waals surface area contributed by atoms with E-state index in [1.54, 1.807) is 0 Å². The summed E-state index contributed by atoms with van der Waals surface area (Å²) < 4.78 is 12.3. The third-order valence-electron chi connectivity index (χ3n) is 5.76. The van der Waals surface area contributed by atoms with Gasteiger partial charge in [0.2, 0.25) is 5.89 Å². The number of para-hydroxylation sites is 1. The Hall–Kier alpha value is -3.41. The molecule has 0 radical (unpaired) electrons. The number of aliphatic hydroxyl groups excluding tert-OH is 1. The Morgan fingerprint density at radius 2 is 1.45 bits per heavy atom. The van der Waals surface area contributed by atoms with E-state index in [0.717, 1.165) is 62.2 Å². The number of likely N-dealkylation sites (tertiary alicyclic amines) is 1. The van der Waals surface area contributed by atoms with Crippen LogP contribution in [0.25, 0.3) is 22.6 Å². The van der Waals surface area contributed by atoms with Crippen LogP contribution in [-0.4, -0.2) is 41.3 Å². The highest BCUT2D eigenvalue weighted by atomic mass is 16.5. The van der Waals surface area contributed by atoms with Crippen molar-refractivity contribution in [3.05, 3.63) is 96.9 Å². The fraction of sp³-hybridized carbons (Fsp3) is 0.250. The van der Waals surface area contributed by atoms with Crippen molar-refractivity contribution in [1.82, 2.24) is 9.88 Å². The van der Waals surface area contributed by atoms with Crippen molar-refractivity contribution in [3.8, 4) is 28.3 Å². The van der Waals surface area contributed by atoms with E-state index >= 15 is 0 Å². The van der Waals surface area contributed by atoms with Crippen LogP contribution in [0, 0.1) is 0 Å². The molecule has 1 N–H and O–H groups in total. The summed E-state index contributed by atoms with van der Waals surface area (Å²) in [4.78, 5) is 7.01. The van der Waals surface area contributed by atoms with Gasteiger partial charge in [0.25, 0.3) is 0 Å². The van der Waals surface area contributed by atoms with Gasteiger partial charge in [-0.25, -0.2) is 4.98 Å². The molecule has 0 aliphatic carbocycles. The summed E-state index contributed by atoms with van der Waals surface area (Å²) in [6.45, 7) is 2.76. The maximum atomic E-state index is 7.00. The van der Waals surface area contributed by atoms with Gasteiger partial charge in [0, 0.05) is 25.8 Å². The third kappa shape index (κ3) is 5.89. The molecular weight excluding hydrogens is 412 g/mol. The number of hydrogen-bond acceptors (Lipinski definition) is 5. The second-order valence-electron chi connectivity index (χ2n) is 7.95. The molecule has 5 heteroatoms. The van der Waals surface area contributed by atoms with Crippen molar-refractivity contribution in [2.24, 2.45) is 0 Å². The molecule has 0 unspecified atom stereocenters. The average Bonchev–Trinajstić information content (AvgIpc) is 3.36. The zero-order valence-corrected chi connectivity index (χ0v) is 18.9. The van der Waals surface area contributed by atoms with Gasteiger partial charge in [-0.3, -0.25) is 4.90 Å². The Morgan fingerprint density at radius 1 is 0.848 bits per heavy atom. The first-order valence-corrected chi connectivity index (χ1v) is 11.3. The van der Waals surface area contributed by atoms with Crippen LogP contribution in [-0.2, 0) is 6.54 Å². The molecule has 0 spiro atoms. The number of nitrogens with zero attached hydrogens (tertiary/aromatic N) is 2. The molecule has 1 saturated heterocycles. The Balaban J connectivity index is 0.00000126. The van der Waals surface area contributed by atoms with Crippen molar-refractivity contribution in [3.63, 3.8) is 0 Å². The SMILES string of the molecule is CO.c1ccc(OC2CCN(Cc3cnc(-c4ccccc4-c4ccccc4)o3)CC2)cc1. The maximum Gasteiger partial charge on any atom is 0.226 e. The molecule has 170 valence electrons. The number of ether oxygens (including phenoxy) is 1. The van der Waals surface area contributed by atoms with E-state index in [0.29, 0.717) is 5.89 Å². The molecule has 5 nitrogen and oxygen atoms in total. The van der Waals surface area contributed by atoms with Gasteiger partial charge in [-0.15, -0.1) is 0 Å². The topological polar surface area (TPSA) is 58.7 Å². The fourth-order valence-electron chi connectivity index (χ4n) is 4.14. The lowest BCUT2D eigenvalue weighted by Gasteiger charge is -2.31. The van der Waals surface area contributed by atoms with Crippen molar-refractivity contribution in [2.75, 3.05) is 20.2 Å². The molecule has 5 rings (SSSR count). The second-order valence-corrected chi connectivity index (χ2v) is 7.95. The second kappa shape index (κ2) is 11.5. The lowest BCUT2D eigenvalue weighted by Crippen LogP contribution is -2.37. The molecule has 3 aromatic carbocycles. The van der Waals surface area contributed by atoms with Crippen LogP contribution >= 0.6 is 0 Å².